The minimum absolute atomic E-state index is 0.00500. The highest BCUT2D eigenvalue weighted by Crippen LogP contribution is 2.28. The molecule has 0 spiro atoms. The number of H-pyrrole nitrogens is 1. The first-order chi connectivity index (χ1) is 10.7. The molecule has 0 saturated carbocycles. The van der Waals surface area contributed by atoms with E-state index >= 15 is 0 Å². The third-order valence-corrected chi connectivity index (χ3v) is 4.08. The number of hydrogen-bond donors (Lipinski definition) is 1. The summed E-state index contributed by atoms with van der Waals surface area (Å²) in [5, 5.41) is 1.30. The summed E-state index contributed by atoms with van der Waals surface area (Å²) in [6.45, 7) is 0.592. The summed E-state index contributed by atoms with van der Waals surface area (Å²) in [6, 6.07) is 1.79. The summed E-state index contributed by atoms with van der Waals surface area (Å²) in [6.07, 6.45) is 9.21. The van der Waals surface area contributed by atoms with Crippen molar-refractivity contribution in [3.05, 3.63) is 52.1 Å². The van der Waals surface area contributed by atoms with E-state index in [1.54, 1.807) is 37.3 Å². The zero-order valence-electron chi connectivity index (χ0n) is 12.3. The van der Waals surface area contributed by atoms with E-state index in [2.05, 4.69) is 4.98 Å². The molecule has 0 aliphatic carbocycles. The molecule has 0 aromatic carbocycles. The lowest BCUT2D eigenvalue weighted by molar-refractivity contribution is 0.170. The van der Waals surface area contributed by atoms with Gasteiger partial charge in [-0.1, -0.05) is 0 Å². The molecule has 6 heteroatoms. The monoisotopic (exact) mass is 297 g/mol. The van der Waals surface area contributed by atoms with E-state index in [0.29, 0.717) is 23.0 Å². The first-order valence-electron chi connectivity index (χ1n) is 6.95. The van der Waals surface area contributed by atoms with Gasteiger partial charge in [-0.15, -0.1) is 0 Å². The third kappa shape index (κ3) is 1.57. The lowest BCUT2D eigenvalue weighted by Gasteiger charge is -2.21. The number of aromatic nitrogens is 3. The third-order valence-electron chi connectivity index (χ3n) is 4.08. The molecule has 0 saturated heterocycles. The van der Waals surface area contributed by atoms with Crippen molar-refractivity contribution < 1.29 is 9.57 Å². The van der Waals surface area contributed by atoms with Crippen molar-refractivity contribution in [3.8, 4) is 11.3 Å². The summed E-state index contributed by atoms with van der Waals surface area (Å²) in [4.78, 5) is 21.3. The van der Waals surface area contributed by atoms with E-state index in [4.69, 9.17) is 9.57 Å². The normalized spacial score (nSPS) is 13.6. The second-order valence-electron chi connectivity index (χ2n) is 5.12. The molecule has 4 heterocycles. The van der Waals surface area contributed by atoms with Gasteiger partial charge in [-0.2, -0.15) is 4.73 Å². The molecule has 3 aliphatic heterocycles. The Morgan fingerprint density at radius 2 is 2.14 bits per heavy atom. The van der Waals surface area contributed by atoms with Gasteiger partial charge in [0, 0.05) is 42.2 Å². The van der Waals surface area contributed by atoms with E-state index in [1.165, 1.54) is 0 Å². The number of nitrogens with zero attached hydrogens (tertiary/aromatic N) is 2. The van der Waals surface area contributed by atoms with Crippen LogP contribution in [0.4, 0.5) is 0 Å². The molecule has 0 amide bonds. The Kier molecular flexibility index (Phi) is 2.66. The van der Waals surface area contributed by atoms with Gasteiger partial charge in [0.1, 0.15) is 18.6 Å². The minimum atomic E-state index is -0.00500. The first-order valence-corrected chi connectivity index (χ1v) is 6.95. The maximum atomic E-state index is 12.8. The van der Waals surface area contributed by atoms with Crippen LogP contribution < -0.4 is 15.6 Å². The smallest absolute Gasteiger partial charge is 0.210 e. The van der Waals surface area contributed by atoms with Crippen molar-refractivity contribution in [1.82, 2.24) is 14.3 Å². The Balaban J connectivity index is 2.22. The number of pyridine rings is 3. The molecule has 0 fully saturated rings. The molecule has 0 unspecified atom stereocenters. The summed E-state index contributed by atoms with van der Waals surface area (Å²) in [5.41, 5.74) is 2.66. The molecule has 0 bridgehead atoms. The van der Waals surface area contributed by atoms with Crippen LogP contribution in [-0.2, 0) is 11.3 Å². The Hall–Kier alpha value is -2.89. The summed E-state index contributed by atoms with van der Waals surface area (Å²) in [7, 11) is 3.20. The Bertz CT molecular complexity index is 1000. The van der Waals surface area contributed by atoms with Gasteiger partial charge in [-0.25, -0.2) is 0 Å². The fourth-order valence-electron chi connectivity index (χ4n) is 3.04. The topological polar surface area (TPSA) is 61.2 Å². The van der Waals surface area contributed by atoms with Crippen molar-refractivity contribution in [2.75, 3.05) is 14.2 Å². The van der Waals surface area contributed by atoms with Crippen LogP contribution in [-0.4, -0.2) is 28.5 Å². The number of ether oxygens (including phenoxy) is 1. The maximum Gasteiger partial charge on any atom is 0.210 e. The summed E-state index contributed by atoms with van der Waals surface area (Å²) in [5.74, 6) is 0.710. The van der Waals surface area contributed by atoms with Crippen molar-refractivity contribution in [1.29, 1.82) is 0 Å². The fourth-order valence-corrected chi connectivity index (χ4v) is 3.04. The van der Waals surface area contributed by atoms with Crippen molar-refractivity contribution in [2.45, 2.75) is 6.54 Å². The number of rotatable bonds is 2. The number of nitrogens with one attached hydrogen (secondary N) is 1. The Morgan fingerprint density at radius 1 is 1.27 bits per heavy atom. The molecule has 22 heavy (non-hydrogen) atoms. The van der Waals surface area contributed by atoms with Gasteiger partial charge in [0.05, 0.1) is 18.0 Å². The van der Waals surface area contributed by atoms with Gasteiger partial charge < -0.3 is 19.1 Å². The highest BCUT2D eigenvalue weighted by Gasteiger charge is 2.20. The molecule has 0 radical (unpaired) electrons. The molecule has 6 nitrogen and oxygen atoms in total. The quantitative estimate of drug-likeness (QED) is 0.764. The SMILES string of the molecule is COC1=CCn2c(c(=O)c3ccn(OC)c4c[nH]cc2c3-4)=C1. The Morgan fingerprint density at radius 3 is 2.91 bits per heavy atom. The minimum Gasteiger partial charge on any atom is -0.497 e. The van der Waals surface area contributed by atoms with Gasteiger partial charge >= 0.3 is 0 Å². The van der Waals surface area contributed by atoms with Crippen LogP contribution >= 0.6 is 0 Å². The van der Waals surface area contributed by atoms with E-state index in [9.17, 15) is 4.79 Å². The van der Waals surface area contributed by atoms with Crippen LogP contribution in [0, 0.1) is 0 Å². The molecule has 112 valence electrons. The highest BCUT2D eigenvalue weighted by atomic mass is 16.6. The van der Waals surface area contributed by atoms with E-state index in [0.717, 1.165) is 16.8 Å². The van der Waals surface area contributed by atoms with Gasteiger partial charge in [0.25, 0.3) is 0 Å². The average molecular weight is 297 g/mol. The van der Waals surface area contributed by atoms with Gasteiger partial charge in [0.15, 0.2) is 0 Å². The van der Waals surface area contributed by atoms with Crippen LogP contribution in [0.5, 0.6) is 0 Å². The molecule has 1 aromatic heterocycles. The van der Waals surface area contributed by atoms with E-state index in [1.807, 2.05) is 23.0 Å². The highest BCUT2D eigenvalue weighted by molar-refractivity contribution is 5.93. The average Bonchev–Trinajstić information content (AvgIpc) is 2.58. The number of allylic oxidation sites excluding steroid dienone is 2. The number of methoxy groups -OCH3 is 1. The molecular formula is C16H15N3O3. The molecule has 3 aliphatic rings. The van der Waals surface area contributed by atoms with Crippen molar-refractivity contribution in [2.24, 2.45) is 0 Å². The van der Waals surface area contributed by atoms with E-state index in [-0.39, 0.29) is 5.43 Å². The summed E-state index contributed by atoms with van der Waals surface area (Å²) >= 11 is 0. The first kappa shape index (κ1) is 12.8. The van der Waals surface area contributed by atoms with Gasteiger partial charge in [-0.05, 0) is 12.1 Å². The zero-order valence-corrected chi connectivity index (χ0v) is 12.3. The Labute approximate surface area is 125 Å². The zero-order chi connectivity index (χ0) is 15.3. The molecular weight excluding hydrogens is 282 g/mol. The van der Waals surface area contributed by atoms with Crippen LogP contribution in [0.25, 0.3) is 28.2 Å². The molecule has 0 atom stereocenters. The largest absolute Gasteiger partial charge is 0.497 e. The molecule has 1 aromatic rings. The van der Waals surface area contributed by atoms with Crippen molar-refractivity contribution >= 4 is 17.0 Å². The van der Waals surface area contributed by atoms with Crippen molar-refractivity contribution in [3.63, 3.8) is 0 Å². The standard InChI is InChI=1S/C16H15N3O3/c1-21-10-3-5-18-12(7-10)16(20)11-4-6-19(22-2)14-9-17-8-13(18)15(11)14/h3-4,6-9,17H,5H2,1-2H3. The lowest BCUT2D eigenvalue weighted by atomic mass is 10.0. The molecule has 4 rings (SSSR count). The number of aromatic amines is 1. The second kappa shape index (κ2) is 4.56. The summed E-state index contributed by atoms with van der Waals surface area (Å²) < 4.78 is 8.88. The fraction of sp³-hybridized carbons (Fsp3) is 0.188. The van der Waals surface area contributed by atoms with E-state index < -0.39 is 0 Å². The van der Waals surface area contributed by atoms with Crippen LogP contribution in [0.3, 0.4) is 0 Å². The predicted octanol–water partition coefficient (Wildman–Crippen LogP) is 0.900. The van der Waals surface area contributed by atoms with Crippen LogP contribution in [0.1, 0.15) is 0 Å². The lowest BCUT2D eigenvalue weighted by Crippen LogP contribution is -2.38. The maximum absolute atomic E-state index is 12.8. The van der Waals surface area contributed by atoms with Crippen LogP contribution in [0.15, 0.2) is 41.3 Å². The second-order valence-corrected chi connectivity index (χ2v) is 5.12. The molecule has 1 N–H and O–H groups in total. The van der Waals surface area contributed by atoms with Gasteiger partial charge in [0.2, 0.25) is 5.43 Å². The predicted molar refractivity (Wildman–Crippen MR) is 83.3 cm³/mol. The van der Waals surface area contributed by atoms with Crippen LogP contribution in [0.2, 0.25) is 0 Å². The van der Waals surface area contributed by atoms with Gasteiger partial charge in [-0.3, -0.25) is 4.79 Å². The number of fused-ring (bicyclic) bond motifs is 2. The number of hydrogen-bond acceptors (Lipinski definition) is 3.